The first kappa shape index (κ1) is 18.1. The van der Waals surface area contributed by atoms with Crippen molar-refractivity contribution >= 4 is 35.2 Å². The van der Waals surface area contributed by atoms with Crippen LogP contribution in [0.25, 0.3) is 0 Å². The maximum Gasteiger partial charge on any atom is 0.262 e. The highest BCUT2D eigenvalue weighted by molar-refractivity contribution is 7.98. The molecule has 0 aromatic heterocycles. The quantitative estimate of drug-likeness (QED) is 0.791. The summed E-state index contributed by atoms with van der Waals surface area (Å²) in [5, 5.41) is 2.49. The molecular weight excluding hydrogens is 355 g/mol. The molecule has 2 aromatic carbocycles. The number of imide groups is 1. The molecule has 0 aliphatic carbocycles. The molecule has 3 amide bonds. The average Bonchev–Trinajstić information content (AvgIpc) is 2.89. The summed E-state index contributed by atoms with van der Waals surface area (Å²) in [6.45, 7) is 0. The van der Waals surface area contributed by atoms with E-state index in [2.05, 4.69) is 5.32 Å². The third-order valence-corrected chi connectivity index (χ3v) is 4.81. The van der Waals surface area contributed by atoms with Crippen LogP contribution in [0.2, 0.25) is 0 Å². The maximum absolute atomic E-state index is 13.8. The van der Waals surface area contributed by atoms with Gasteiger partial charge in [0.2, 0.25) is 5.91 Å². The van der Waals surface area contributed by atoms with Crippen LogP contribution in [0.15, 0.2) is 48.5 Å². The van der Waals surface area contributed by atoms with Gasteiger partial charge in [0.05, 0.1) is 16.8 Å². The monoisotopic (exact) mass is 372 g/mol. The molecule has 1 aliphatic heterocycles. The van der Waals surface area contributed by atoms with Gasteiger partial charge < -0.3 is 5.32 Å². The highest BCUT2D eigenvalue weighted by Gasteiger charge is 2.42. The van der Waals surface area contributed by atoms with Crippen molar-refractivity contribution in [3.63, 3.8) is 0 Å². The molecule has 0 radical (unpaired) electrons. The van der Waals surface area contributed by atoms with Gasteiger partial charge in [0.1, 0.15) is 11.9 Å². The third-order valence-electron chi connectivity index (χ3n) is 4.17. The minimum absolute atomic E-state index is 0.0169. The number of carbonyl (C=O) groups excluding carboxylic acids is 3. The second kappa shape index (κ2) is 7.70. The zero-order chi connectivity index (χ0) is 18.7. The smallest absolute Gasteiger partial charge is 0.262 e. The van der Waals surface area contributed by atoms with E-state index in [1.165, 1.54) is 30.0 Å². The number of thioether (sulfide) groups is 1. The van der Waals surface area contributed by atoms with Crippen molar-refractivity contribution < 1.29 is 18.8 Å². The van der Waals surface area contributed by atoms with Gasteiger partial charge in [-0.05, 0) is 42.7 Å². The number of rotatable bonds is 6. The Bertz CT molecular complexity index is 836. The van der Waals surface area contributed by atoms with Gasteiger partial charge in [-0.25, -0.2) is 4.39 Å². The molecule has 0 fully saturated rings. The zero-order valence-corrected chi connectivity index (χ0v) is 14.9. The molecule has 5 nitrogen and oxygen atoms in total. The molecule has 7 heteroatoms. The summed E-state index contributed by atoms with van der Waals surface area (Å²) in [5.74, 6) is -1.59. The van der Waals surface area contributed by atoms with Gasteiger partial charge in [-0.3, -0.25) is 19.3 Å². The van der Waals surface area contributed by atoms with E-state index in [9.17, 15) is 18.8 Å². The van der Waals surface area contributed by atoms with E-state index in [1.54, 1.807) is 30.3 Å². The summed E-state index contributed by atoms with van der Waals surface area (Å²) in [5.41, 5.74) is 0.582. The Balaban J connectivity index is 1.89. The lowest BCUT2D eigenvalue weighted by molar-refractivity contribution is -0.120. The van der Waals surface area contributed by atoms with Crippen molar-refractivity contribution in [1.82, 2.24) is 4.90 Å². The molecule has 1 unspecified atom stereocenters. The molecule has 0 saturated heterocycles. The first-order valence-electron chi connectivity index (χ1n) is 8.06. The fourth-order valence-corrected chi connectivity index (χ4v) is 3.34. The lowest BCUT2D eigenvalue weighted by atomic mass is 10.1. The van der Waals surface area contributed by atoms with Gasteiger partial charge in [0.15, 0.2) is 0 Å². The largest absolute Gasteiger partial charge is 0.322 e. The summed E-state index contributed by atoms with van der Waals surface area (Å²) < 4.78 is 13.8. The van der Waals surface area contributed by atoms with E-state index >= 15 is 0 Å². The number of nitrogens with zero attached hydrogens (tertiary/aromatic N) is 1. The average molecular weight is 372 g/mol. The first-order valence-corrected chi connectivity index (χ1v) is 9.45. The van der Waals surface area contributed by atoms with E-state index < -0.39 is 29.6 Å². The van der Waals surface area contributed by atoms with E-state index in [1.807, 2.05) is 6.26 Å². The van der Waals surface area contributed by atoms with Crippen LogP contribution in [0.3, 0.4) is 0 Å². The van der Waals surface area contributed by atoms with Crippen molar-refractivity contribution in [2.45, 2.75) is 12.5 Å². The lowest BCUT2D eigenvalue weighted by Crippen LogP contribution is -2.47. The van der Waals surface area contributed by atoms with Crippen molar-refractivity contribution in [2.24, 2.45) is 0 Å². The number of nitrogens with one attached hydrogen (secondary N) is 1. The number of amides is 3. The summed E-state index contributed by atoms with van der Waals surface area (Å²) in [7, 11) is 0. The van der Waals surface area contributed by atoms with Crippen LogP contribution in [0.5, 0.6) is 0 Å². The Kier molecular flexibility index (Phi) is 5.37. The van der Waals surface area contributed by atoms with Crippen LogP contribution >= 0.6 is 11.8 Å². The minimum Gasteiger partial charge on any atom is -0.322 e. The number of anilines is 1. The number of halogens is 1. The van der Waals surface area contributed by atoms with Gasteiger partial charge in [-0.15, -0.1) is 0 Å². The van der Waals surface area contributed by atoms with Crippen LogP contribution in [0, 0.1) is 5.82 Å². The molecule has 1 heterocycles. The Hall–Kier alpha value is -2.67. The molecule has 1 atom stereocenters. The number of hydrogen-bond acceptors (Lipinski definition) is 4. The highest BCUT2D eigenvalue weighted by atomic mass is 32.2. The number of fused-ring (bicyclic) bond motifs is 1. The van der Waals surface area contributed by atoms with Gasteiger partial charge in [0, 0.05) is 0 Å². The standard InChI is InChI=1S/C19H17FN2O3S/c1-26-11-10-16(17(23)21-15-9-5-4-8-14(15)20)22-18(24)12-6-2-3-7-13(12)19(22)25/h2-9,16H,10-11H2,1H3,(H,21,23). The molecule has 1 N–H and O–H groups in total. The SMILES string of the molecule is CSCCC(C(=O)Nc1ccccc1F)N1C(=O)c2ccccc2C1=O. The molecule has 1 aliphatic rings. The number of benzene rings is 2. The predicted molar refractivity (Wildman–Crippen MR) is 98.8 cm³/mol. The van der Waals surface area contributed by atoms with E-state index in [0.29, 0.717) is 5.75 Å². The summed E-state index contributed by atoms with van der Waals surface area (Å²) in [6.07, 6.45) is 2.15. The molecule has 26 heavy (non-hydrogen) atoms. The second-order valence-electron chi connectivity index (χ2n) is 5.79. The fraction of sp³-hybridized carbons (Fsp3) is 0.211. The number of carbonyl (C=O) groups is 3. The Morgan fingerprint density at radius 2 is 1.65 bits per heavy atom. The molecular formula is C19H17FN2O3S. The second-order valence-corrected chi connectivity index (χ2v) is 6.78. The summed E-state index contributed by atoms with van der Waals surface area (Å²) in [6, 6.07) is 11.2. The van der Waals surface area contributed by atoms with Crippen molar-refractivity contribution in [3.05, 3.63) is 65.5 Å². The van der Waals surface area contributed by atoms with Crippen LogP contribution < -0.4 is 5.32 Å². The van der Waals surface area contributed by atoms with Crippen LogP contribution in [0.4, 0.5) is 10.1 Å². The number of para-hydroxylation sites is 1. The zero-order valence-electron chi connectivity index (χ0n) is 14.1. The minimum atomic E-state index is -1.01. The third kappa shape index (κ3) is 3.35. The van der Waals surface area contributed by atoms with E-state index in [-0.39, 0.29) is 23.2 Å². The van der Waals surface area contributed by atoms with Crippen molar-refractivity contribution in [1.29, 1.82) is 0 Å². The topological polar surface area (TPSA) is 66.5 Å². The van der Waals surface area contributed by atoms with Gasteiger partial charge in [0.25, 0.3) is 11.8 Å². The van der Waals surface area contributed by atoms with E-state index in [0.717, 1.165) is 4.90 Å². The molecule has 0 bridgehead atoms. The normalized spacial score (nSPS) is 14.3. The Morgan fingerprint density at radius 3 is 2.23 bits per heavy atom. The van der Waals surface area contributed by atoms with Crippen LogP contribution in [-0.2, 0) is 4.79 Å². The molecule has 0 spiro atoms. The van der Waals surface area contributed by atoms with Gasteiger partial charge >= 0.3 is 0 Å². The molecule has 0 saturated carbocycles. The van der Waals surface area contributed by atoms with Gasteiger partial charge in [-0.1, -0.05) is 24.3 Å². The van der Waals surface area contributed by atoms with Crippen LogP contribution in [0.1, 0.15) is 27.1 Å². The Labute approximate surface area is 154 Å². The molecule has 134 valence electrons. The first-order chi connectivity index (χ1) is 12.5. The Morgan fingerprint density at radius 1 is 1.08 bits per heavy atom. The van der Waals surface area contributed by atoms with Gasteiger partial charge in [-0.2, -0.15) is 11.8 Å². The molecule has 3 rings (SSSR count). The summed E-state index contributed by atoms with van der Waals surface area (Å²) in [4.78, 5) is 39.1. The maximum atomic E-state index is 13.8. The number of hydrogen-bond donors (Lipinski definition) is 1. The van der Waals surface area contributed by atoms with Crippen molar-refractivity contribution in [2.75, 3.05) is 17.3 Å². The van der Waals surface area contributed by atoms with Crippen LogP contribution in [-0.4, -0.2) is 40.7 Å². The fourth-order valence-electron chi connectivity index (χ4n) is 2.88. The summed E-state index contributed by atoms with van der Waals surface area (Å²) >= 11 is 1.50. The van der Waals surface area contributed by atoms with Crippen molar-refractivity contribution in [3.8, 4) is 0 Å². The molecule has 2 aromatic rings. The van der Waals surface area contributed by atoms with E-state index in [4.69, 9.17) is 0 Å². The highest BCUT2D eigenvalue weighted by Crippen LogP contribution is 2.27. The predicted octanol–water partition coefficient (Wildman–Crippen LogP) is 3.18. The lowest BCUT2D eigenvalue weighted by Gasteiger charge is -2.25.